The number of fused-ring (bicyclic) bond motifs is 1. The monoisotopic (exact) mass is 405 g/mol. The number of hydrogen-bond acceptors (Lipinski definition) is 4. The van der Waals surface area contributed by atoms with Crippen LogP contribution in [0.3, 0.4) is 0 Å². The molecule has 5 rings (SSSR count). The minimum absolute atomic E-state index is 0.112. The van der Waals surface area contributed by atoms with Crippen LogP contribution in [-0.2, 0) is 5.41 Å². The Morgan fingerprint density at radius 3 is 2.69 bits per heavy atom. The zero-order chi connectivity index (χ0) is 20.2. The fraction of sp³-hybridized carbons (Fsp3) is 0.400. The van der Waals surface area contributed by atoms with Gasteiger partial charge in [-0.3, -0.25) is 4.40 Å². The number of aromatic nitrogens is 3. The quantitative estimate of drug-likeness (QED) is 0.650. The summed E-state index contributed by atoms with van der Waals surface area (Å²) >= 11 is 0. The van der Waals surface area contributed by atoms with Gasteiger partial charge in [0.25, 0.3) is 0 Å². The molecule has 2 N–H and O–H groups in total. The number of nitrogens with one attached hydrogen (secondary N) is 2. The number of anilines is 1. The number of pyridine rings is 2. The number of imidazole rings is 1. The third-order valence-electron chi connectivity index (χ3n) is 5.84. The van der Waals surface area contributed by atoms with Crippen molar-refractivity contribution in [2.24, 2.45) is 0 Å². The van der Waals surface area contributed by atoms with Crippen molar-refractivity contribution in [1.29, 1.82) is 0 Å². The predicted octanol–water partition coefficient (Wildman–Crippen LogP) is 3.71. The molecule has 4 heterocycles. The van der Waals surface area contributed by atoms with Crippen LogP contribution < -0.4 is 10.6 Å². The van der Waals surface area contributed by atoms with Crippen LogP contribution in [0.15, 0.2) is 42.7 Å². The average molecular weight is 405 g/mol. The molecular formula is C20H19F4N5. The molecule has 0 spiro atoms. The lowest BCUT2D eigenvalue weighted by atomic mass is 9.96. The molecule has 152 valence electrons. The van der Waals surface area contributed by atoms with Gasteiger partial charge in [-0.05, 0) is 42.7 Å². The van der Waals surface area contributed by atoms with E-state index in [0.29, 0.717) is 35.9 Å². The molecule has 29 heavy (non-hydrogen) atoms. The topological polar surface area (TPSA) is 54.2 Å². The summed E-state index contributed by atoms with van der Waals surface area (Å²) in [6.45, 7) is 0.832. The van der Waals surface area contributed by atoms with Gasteiger partial charge < -0.3 is 10.6 Å². The molecule has 0 aromatic carbocycles. The second-order valence-electron chi connectivity index (χ2n) is 7.70. The lowest BCUT2D eigenvalue weighted by Crippen LogP contribution is -2.29. The number of rotatable bonds is 4. The van der Waals surface area contributed by atoms with Crippen LogP contribution >= 0.6 is 0 Å². The molecule has 3 aromatic rings. The van der Waals surface area contributed by atoms with Gasteiger partial charge in [-0.1, -0.05) is 6.07 Å². The van der Waals surface area contributed by atoms with E-state index in [1.165, 1.54) is 12.1 Å². The normalized spacial score (nSPS) is 23.4. The summed E-state index contributed by atoms with van der Waals surface area (Å²) in [5.74, 6) is 0.541. The van der Waals surface area contributed by atoms with Gasteiger partial charge in [-0.25, -0.2) is 14.4 Å². The first-order chi connectivity index (χ1) is 13.9. The molecule has 1 aliphatic carbocycles. The molecule has 9 heteroatoms. The Hall–Kier alpha value is -2.68. The van der Waals surface area contributed by atoms with Crippen molar-refractivity contribution < 1.29 is 17.6 Å². The fourth-order valence-corrected chi connectivity index (χ4v) is 3.96. The van der Waals surface area contributed by atoms with E-state index < -0.39 is 17.8 Å². The molecule has 0 bridgehead atoms. The first kappa shape index (κ1) is 18.4. The second kappa shape index (κ2) is 6.41. The van der Waals surface area contributed by atoms with Crippen molar-refractivity contribution >= 4 is 11.5 Å². The van der Waals surface area contributed by atoms with E-state index in [1.807, 2.05) is 0 Å². The summed E-state index contributed by atoms with van der Waals surface area (Å²) in [4.78, 5) is 8.83. The Labute approximate surface area is 164 Å². The Balaban J connectivity index is 1.46. The molecule has 2 atom stereocenters. The van der Waals surface area contributed by atoms with Crippen LogP contribution in [0.5, 0.6) is 0 Å². The molecule has 0 amide bonds. The van der Waals surface area contributed by atoms with E-state index in [-0.39, 0.29) is 24.4 Å². The van der Waals surface area contributed by atoms with Crippen LogP contribution in [0, 0.1) is 0 Å². The van der Waals surface area contributed by atoms with Crippen LogP contribution in [0.25, 0.3) is 17.0 Å². The van der Waals surface area contributed by atoms with Crippen LogP contribution in [-0.4, -0.2) is 45.8 Å². The largest absolute Gasteiger partial charge is 0.398 e. The van der Waals surface area contributed by atoms with Crippen molar-refractivity contribution in [3.8, 4) is 11.4 Å². The summed E-state index contributed by atoms with van der Waals surface area (Å²) in [6.07, 6.45) is -1.82. The average Bonchev–Trinajstić information content (AvgIpc) is 3.28. The van der Waals surface area contributed by atoms with Crippen molar-refractivity contribution in [2.45, 2.75) is 36.6 Å². The minimum atomic E-state index is -4.26. The van der Waals surface area contributed by atoms with Crippen molar-refractivity contribution in [1.82, 2.24) is 19.7 Å². The van der Waals surface area contributed by atoms with E-state index in [1.54, 1.807) is 35.0 Å². The summed E-state index contributed by atoms with van der Waals surface area (Å²) in [5.41, 5.74) is 0.223. The summed E-state index contributed by atoms with van der Waals surface area (Å²) in [6, 6.07) is 8.02. The van der Waals surface area contributed by atoms with Gasteiger partial charge in [0.05, 0.1) is 29.0 Å². The van der Waals surface area contributed by atoms with Crippen molar-refractivity contribution in [2.75, 3.05) is 18.4 Å². The van der Waals surface area contributed by atoms with E-state index in [2.05, 4.69) is 20.6 Å². The molecule has 1 saturated carbocycles. The Bertz CT molecular complexity index is 1060. The summed E-state index contributed by atoms with van der Waals surface area (Å²) < 4.78 is 55.8. The standard InChI is InChI=1S/C20H19F4N5/c21-13-9-25-10-15(13)28-17-3-1-2-14(27-17)16-11-26-18-8-12(4-7-29(16)18)19(5-6-19)20(22,23)24/h1-4,7-8,11,13,15,25H,5-6,9-10H2,(H,27,28). The molecule has 2 fully saturated rings. The van der Waals surface area contributed by atoms with Gasteiger partial charge >= 0.3 is 6.18 Å². The molecule has 2 aliphatic rings. The molecule has 0 radical (unpaired) electrons. The molecule has 2 unspecified atom stereocenters. The van der Waals surface area contributed by atoms with E-state index in [0.717, 1.165) is 0 Å². The number of nitrogens with zero attached hydrogens (tertiary/aromatic N) is 3. The highest BCUT2D eigenvalue weighted by molar-refractivity contribution is 5.63. The van der Waals surface area contributed by atoms with E-state index in [4.69, 9.17) is 0 Å². The highest BCUT2D eigenvalue weighted by Crippen LogP contribution is 2.58. The van der Waals surface area contributed by atoms with Crippen LogP contribution in [0.2, 0.25) is 0 Å². The first-order valence-electron chi connectivity index (χ1n) is 9.50. The van der Waals surface area contributed by atoms with Crippen molar-refractivity contribution in [3.63, 3.8) is 0 Å². The van der Waals surface area contributed by atoms with Crippen LogP contribution in [0.1, 0.15) is 18.4 Å². The zero-order valence-electron chi connectivity index (χ0n) is 15.4. The number of halogens is 4. The lowest BCUT2D eigenvalue weighted by molar-refractivity contribution is -0.160. The summed E-state index contributed by atoms with van der Waals surface area (Å²) in [7, 11) is 0. The second-order valence-corrected chi connectivity index (χ2v) is 7.70. The Kier molecular flexibility index (Phi) is 4.06. The number of hydrogen-bond donors (Lipinski definition) is 2. The Morgan fingerprint density at radius 2 is 2.00 bits per heavy atom. The van der Waals surface area contributed by atoms with Gasteiger partial charge in [0, 0.05) is 19.3 Å². The third-order valence-corrected chi connectivity index (χ3v) is 5.84. The Morgan fingerprint density at radius 1 is 1.17 bits per heavy atom. The molecule has 1 aliphatic heterocycles. The van der Waals surface area contributed by atoms with Crippen LogP contribution in [0.4, 0.5) is 23.4 Å². The van der Waals surface area contributed by atoms with Gasteiger partial charge in [0.15, 0.2) is 0 Å². The lowest BCUT2D eigenvalue weighted by Gasteiger charge is -2.19. The van der Waals surface area contributed by atoms with Gasteiger partial charge in [-0.2, -0.15) is 13.2 Å². The summed E-state index contributed by atoms with van der Waals surface area (Å²) in [5, 5.41) is 6.07. The molecule has 1 saturated heterocycles. The molecule has 5 nitrogen and oxygen atoms in total. The highest BCUT2D eigenvalue weighted by Gasteiger charge is 2.64. The van der Waals surface area contributed by atoms with Gasteiger partial charge in [0.1, 0.15) is 17.6 Å². The highest BCUT2D eigenvalue weighted by atomic mass is 19.4. The van der Waals surface area contributed by atoms with E-state index in [9.17, 15) is 17.6 Å². The maximum absolute atomic E-state index is 13.8. The fourth-order valence-electron chi connectivity index (χ4n) is 3.96. The van der Waals surface area contributed by atoms with Gasteiger partial charge in [-0.15, -0.1) is 0 Å². The third kappa shape index (κ3) is 3.04. The predicted molar refractivity (Wildman–Crippen MR) is 101 cm³/mol. The SMILES string of the molecule is FC1CNCC1Nc1cccc(-c2cnc3cc(C4(C(F)(F)F)CC4)ccn23)n1. The minimum Gasteiger partial charge on any atom is -0.363 e. The zero-order valence-corrected chi connectivity index (χ0v) is 15.4. The first-order valence-corrected chi connectivity index (χ1v) is 9.50. The molecule has 3 aromatic heterocycles. The van der Waals surface area contributed by atoms with E-state index >= 15 is 0 Å². The smallest absolute Gasteiger partial charge is 0.363 e. The van der Waals surface area contributed by atoms with Gasteiger partial charge in [0.2, 0.25) is 0 Å². The number of alkyl halides is 4. The maximum Gasteiger partial charge on any atom is 0.398 e. The van der Waals surface area contributed by atoms with Crippen molar-refractivity contribution in [3.05, 3.63) is 48.3 Å². The maximum atomic E-state index is 13.8. The molecular weight excluding hydrogens is 386 g/mol.